The standard InChI is InChI=1S/C18H20N6O2/c1-26-18-7-6-14(12-22-18)24-16(15-5-2-3-9-20-15)11-17(23-24)21-10-4-8-19-13-25/h2-3,5-7,9,11-13H,4,8,10H2,1H3,(H,19,25)(H,21,23). The van der Waals surface area contributed by atoms with Crippen molar-refractivity contribution in [2.24, 2.45) is 0 Å². The molecule has 26 heavy (non-hydrogen) atoms. The molecule has 0 atom stereocenters. The molecule has 0 saturated heterocycles. The molecule has 0 radical (unpaired) electrons. The Morgan fingerprint density at radius 1 is 1.19 bits per heavy atom. The number of hydrogen-bond donors (Lipinski definition) is 2. The molecule has 0 saturated carbocycles. The van der Waals surface area contributed by atoms with Gasteiger partial charge in [0.15, 0.2) is 0 Å². The number of amides is 1. The van der Waals surface area contributed by atoms with Crippen molar-refractivity contribution in [3.05, 3.63) is 48.8 Å². The van der Waals surface area contributed by atoms with E-state index in [0.29, 0.717) is 25.4 Å². The molecule has 0 fully saturated rings. The Morgan fingerprint density at radius 3 is 2.81 bits per heavy atom. The molecule has 3 heterocycles. The van der Waals surface area contributed by atoms with Crippen LogP contribution in [0, 0.1) is 0 Å². The summed E-state index contributed by atoms with van der Waals surface area (Å²) in [5, 5.41) is 10.5. The molecule has 134 valence electrons. The summed E-state index contributed by atoms with van der Waals surface area (Å²) in [4.78, 5) is 18.9. The van der Waals surface area contributed by atoms with Crippen molar-refractivity contribution in [2.45, 2.75) is 6.42 Å². The van der Waals surface area contributed by atoms with E-state index >= 15 is 0 Å². The quantitative estimate of drug-likeness (QED) is 0.451. The lowest BCUT2D eigenvalue weighted by atomic mass is 10.2. The highest BCUT2D eigenvalue weighted by Gasteiger charge is 2.13. The average Bonchev–Trinajstić information content (AvgIpc) is 3.13. The van der Waals surface area contributed by atoms with Crippen LogP contribution in [0.4, 0.5) is 5.82 Å². The second-order valence-corrected chi connectivity index (χ2v) is 5.45. The zero-order chi connectivity index (χ0) is 18.2. The van der Waals surface area contributed by atoms with Crippen LogP contribution in [-0.2, 0) is 4.79 Å². The maximum absolute atomic E-state index is 10.3. The highest BCUT2D eigenvalue weighted by Crippen LogP contribution is 2.24. The van der Waals surface area contributed by atoms with Gasteiger partial charge in [-0.05, 0) is 24.6 Å². The van der Waals surface area contributed by atoms with Crippen LogP contribution in [-0.4, -0.2) is 46.4 Å². The average molecular weight is 352 g/mol. The summed E-state index contributed by atoms with van der Waals surface area (Å²) in [6.07, 6.45) is 4.95. The van der Waals surface area contributed by atoms with Crippen LogP contribution < -0.4 is 15.4 Å². The third-order valence-corrected chi connectivity index (χ3v) is 3.70. The minimum absolute atomic E-state index is 0.543. The van der Waals surface area contributed by atoms with Crippen LogP contribution in [0.5, 0.6) is 5.88 Å². The predicted octanol–water partition coefficient (Wildman–Crippen LogP) is 1.89. The van der Waals surface area contributed by atoms with Crippen molar-refractivity contribution in [1.82, 2.24) is 25.1 Å². The number of ether oxygens (including phenoxy) is 1. The van der Waals surface area contributed by atoms with Gasteiger partial charge >= 0.3 is 0 Å². The molecule has 3 rings (SSSR count). The molecule has 0 aliphatic heterocycles. The fraction of sp³-hybridized carbons (Fsp3) is 0.222. The Hall–Kier alpha value is -3.42. The topological polar surface area (TPSA) is 94.0 Å². The summed E-state index contributed by atoms with van der Waals surface area (Å²) in [7, 11) is 1.58. The number of nitrogens with one attached hydrogen (secondary N) is 2. The molecule has 0 aliphatic rings. The number of rotatable bonds is 9. The van der Waals surface area contributed by atoms with E-state index in [2.05, 4.69) is 25.7 Å². The van der Waals surface area contributed by atoms with E-state index in [9.17, 15) is 4.79 Å². The highest BCUT2D eigenvalue weighted by molar-refractivity contribution is 5.62. The number of carbonyl (C=O) groups is 1. The molecular weight excluding hydrogens is 332 g/mol. The van der Waals surface area contributed by atoms with E-state index in [1.54, 1.807) is 30.3 Å². The van der Waals surface area contributed by atoms with Crippen molar-refractivity contribution in [3.63, 3.8) is 0 Å². The molecule has 0 aliphatic carbocycles. The van der Waals surface area contributed by atoms with Gasteiger partial charge in [0.05, 0.1) is 30.4 Å². The second kappa shape index (κ2) is 8.61. The zero-order valence-electron chi connectivity index (χ0n) is 14.4. The molecule has 3 aromatic rings. The Balaban J connectivity index is 1.86. The predicted molar refractivity (Wildman–Crippen MR) is 98.3 cm³/mol. The Morgan fingerprint density at radius 2 is 2.12 bits per heavy atom. The number of nitrogens with zero attached hydrogens (tertiary/aromatic N) is 4. The first-order valence-electron chi connectivity index (χ1n) is 8.24. The summed E-state index contributed by atoms with van der Waals surface area (Å²) >= 11 is 0. The van der Waals surface area contributed by atoms with Crippen molar-refractivity contribution in [2.75, 3.05) is 25.5 Å². The van der Waals surface area contributed by atoms with E-state index in [4.69, 9.17) is 4.74 Å². The number of carbonyl (C=O) groups excluding carboxylic acids is 1. The molecular formula is C18H20N6O2. The summed E-state index contributed by atoms with van der Waals surface area (Å²) in [6.45, 7) is 1.31. The summed E-state index contributed by atoms with van der Waals surface area (Å²) in [6, 6.07) is 11.4. The lowest BCUT2D eigenvalue weighted by Gasteiger charge is -2.07. The van der Waals surface area contributed by atoms with E-state index in [-0.39, 0.29) is 0 Å². The summed E-state index contributed by atoms with van der Waals surface area (Å²) < 4.78 is 6.91. The first-order valence-corrected chi connectivity index (χ1v) is 8.24. The van der Waals surface area contributed by atoms with Gasteiger partial charge in [-0.15, -0.1) is 5.10 Å². The molecule has 2 N–H and O–H groups in total. The lowest BCUT2D eigenvalue weighted by Crippen LogP contribution is -2.16. The molecule has 0 aromatic carbocycles. The normalized spacial score (nSPS) is 10.3. The van der Waals surface area contributed by atoms with E-state index in [1.165, 1.54) is 0 Å². The van der Waals surface area contributed by atoms with E-state index in [1.807, 2.05) is 30.3 Å². The van der Waals surface area contributed by atoms with Crippen LogP contribution in [0.2, 0.25) is 0 Å². The molecule has 3 aromatic heterocycles. The first-order chi connectivity index (χ1) is 12.8. The van der Waals surface area contributed by atoms with Gasteiger partial charge in [-0.1, -0.05) is 6.07 Å². The largest absolute Gasteiger partial charge is 0.481 e. The molecule has 8 nitrogen and oxygen atoms in total. The van der Waals surface area contributed by atoms with Gasteiger partial charge in [-0.3, -0.25) is 9.78 Å². The van der Waals surface area contributed by atoms with Crippen molar-refractivity contribution in [3.8, 4) is 23.0 Å². The van der Waals surface area contributed by atoms with Crippen molar-refractivity contribution in [1.29, 1.82) is 0 Å². The van der Waals surface area contributed by atoms with Crippen LogP contribution >= 0.6 is 0 Å². The Labute approximate surface area is 151 Å². The summed E-state index contributed by atoms with van der Waals surface area (Å²) in [5.74, 6) is 1.27. The summed E-state index contributed by atoms with van der Waals surface area (Å²) in [5.41, 5.74) is 2.47. The minimum atomic E-state index is 0.543. The number of methoxy groups -OCH3 is 1. The van der Waals surface area contributed by atoms with Crippen LogP contribution in [0.15, 0.2) is 48.8 Å². The van der Waals surface area contributed by atoms with Gasteiger partial charge in [0.25, 0.3) is 0 Å². The lowest BCUT2D eigenvalue weighted by molar-refractivity contribution is -0.109. The van der Waals surface area contributed by atoms with Gasteiger partial charge in [0.2, 0.25) is 12.3 Å². The molecule has 0 spiro atoms. The smallest absolute Gasteiger partial charge is 0.213 e. The SMILES string of the molecule is COc1ccc(-n2nc(NCCCNC=O)cc2-c2ccccn2)cn1. The number of anilines is 1. The van der Waals surface area contributed by atoms with Crippen LogP contribution in [0.3, 0.4) is 0 Å². The maximum Gasteiger partial charge on any atom is 0.213 e. The van der Waals surface area contributed by atoms with Gasteiger partial charge in [0, 0.05) is 31.4 Å². The van der Waals surface area contributed by atoms with Gasteiger partial charge in [-0.2, -0.15) is 0 Å². The molecule has 0 unspecified atom stereocenters. The maximum atomic E-state index is 10.3. The van der Waals surface area contributed by atoms with Gasteiger partial charge in [-0.25, -0.2) is 9.67 Å². The minimum Gasteiger partial charge on any atom is -0.481 e. The fourth-order valence-electron chi connectivity index (χ4n) is 2.45. The third-order valence-electron chi connectivity index (χ3n) is 3.70. The number of hydrogen-bond acceptors (Lipinski definition) is 6. The van der Waals surface area contributed by atoms with Crippen LogP contribution in [0.25, 0.3) is 17.1 Å². The second-order valence-electron chi connectivity index (χ2n) is 5.45. The Kier molecular flexibility index (Phi) is 5.76. The monoisotopic (exact) mass is 352 g/mol. The first kappa shape index (κ1) is 17.4. The molecule has 1 amide bonds. The van der Waals surface area contributed by atoms with Crippen molar-refractivity contribution >= 4 is 12.2 Å². The van der Waals surface area contributed by atoms with Crippen molar-refractivity contribution < 1.29 is 9.53 Å². The number of pyridine rings is 2. The molecule has 8 heteroatoms. The third kappa shape index (κ3) is 4.15. The fourth-order valence-corrected chi connectivity index (χ4v) is 2.45. The molecule has 0 bridgehead atoms. The van der Waals surface area contributed by atoms with Gasteiger partial charge < -0.3 is 15.4 Å². The number of aromatic nitrogens is 4. The Bertz CT molecular complexity index is 833. The van der Waals surface area contributed by atoms with E-state index < -0.39 is 0 Å². The van der Waals surface area contributed by atoms with Crippen LogP contribution in [0.1, 0.15) is 6.42 Å². The highest BCUT2D eigenvalue weighted by atomic mass is 16.5. The van der Waals surface area contributed by atoms with E-state index in [0.717, 1.165) is 29.3 Å². The van der Waals surface area contributed by atoms with Gasteiger partial charge in [0.1, 0.15) is 5.82 Å². The zero-order valence-corrected chi connectivity index (χ0v) is 14.4.